The maximum Gasteiger partial charge on any atom is 0.260 e. The molecule has 0 bridgehead atoms. The lowest BCUT2D eigenvalue weighted by Gasteiger charge is -2.10. The number of nitrogens with two attached hydrogens (primary N) is 2. The molecule has 0 saturated heterocycles. The van der Waals surface area contributed by atoms with Gasteiger partial charge in [0.1, 0.15) is 9.71 Å². The number of carbonyl (C=O) groups excluding carboxylic acids is 1. The van der Waals surface area contributed by atoms with Crippen LogP contribution in [0.2, 0.25) is 10.0 Å². The van der Waals surface area contributed by atoms with E-state index >= 15 is 0 Å². The average molecular weight is 439 g/mol. The summed E-state index contributed by atoms with van der Waals surface area (Å²) in [6.07, 6.45) is 0.520. The molecule has 11 heteroatoms. The second kappa shape index (κ2) is 8.26. The molecule has 1 atom stereocenters. The highest BCUT2D eigenvalue weighted by Crippen LogP contribution is 2.40. The van der Waals surface area contributed by atoms with Gasteiger partial charge in [0.15, 0.2) is 0 Å². The van der Waals surface area contributed by atoms with Crippen LogP contribution in [0.15, 0.2) is 23.4 Å². The highest BCUT2D eigenvalue weighted by molar-refractivity contribution is 7.21. The first-order valence-corrected chi connectivity index (χ1v) is 9.80. The lowest BCUT2D eigenvalue weighted by molar-refractivity contribution is 0.100. The molecule has 5 N–H and O–H groups in total. The molecule has 0 fully saturated rings. The molecular formula is C17H16Cl2N6O2S. The number of nitrogens with one attached hydrogen (secondary N) is 1. The molecule has 0 radical (unpaired) electrons. The van der Waals surface area contributed by atoms with Gasteiger partial charge < -0.3 is 16.8 Å². The maximum atomic E-state index is 11.7. The van der Waals surface area contributed by atoms with E-state index in [2.05, 4.69) is 20.5 Å². The molecule has 28 heavy (non-hydrogen) atoms. The SMILES string of the molecule is CC(CCNc1nc(-c2ccc(Cl)c(Cl)c2)c2c(N)c(C(N)=O)sc2n1)N=O. The van der Waals surface area contributed by atoms with Crippen LogP contribution in [0.25, 0.3) is 21.5 Å². The monoisotopic (exact) mass is 438 g/mol. The highest BCUT2D eigenvalue weighted by atomic mass is 35.5. The smallest absolute Gasteiger partial charge is 0.260 e. The van der Waals surface area contributed by atoms with Crippen molar-refractivity contribution in [2.75, 3.05) is 17.6 Å². The molecule has 0 spiro atoms. The van der Waals surface area contributed by atoms with E-state index in [1.54, 1.807) is 25.1 Å². The molecular weight excluding hydrogens is 423 g/mol. The quantitative estimate of drug-likeness (QED) is 0.470. The fraction of sp³-hybridized carbons (Fsp3) is 0.235. The van der Waals surface area contributed by atoms with Gasteiger partial charge in [0, 0.05) is 12.1 Å². The summed E-state index contributed by atoms with van der Waals surface area (Å²) in [5, 5.41) is 7.31. The zero-order valence-electron chi connectivity index (χ0n) is 14.7. The van der Waals surface area contributed by atoms with Crippen LogP contribution >= 0.6 is 34.5 Å². The zero-order valence-corrected chi connectivity index (χ0v) is 17.0. The van der Waals surface area contributed by atoms with E-state index in [9.17, 15) is 9.70 Å². The van der Waals surface area contributed by atoms with Crippen molar-refractivity contribution in [3.8, 4) is 11.3 Å². The molecule has 1 amide bonds. The van der Waals surface area contributed by atoms with E-state index in [1.807, 2.05) is 0 Å². The Morgan fingerprint density at radius 3 is 2.71 bits per heavy atom. The van der Waals surface area contributed by atoms with Gasteiger partial charge in [0.25, 0.3) is 5.91 Å². The largest absolute Gasteiger partial charge is 0.397 e. The van der Waals surface area contributed by atoms with Crippen LogP contribution < -0.4 is 16.8 Å². The number of benzene rings is 1. The minimum atomic E-state index is -0.638. The van der Waals surface area contributed by atoms with Crippen molar-refractivity contribution >= 4 is 62.3 Å². The number of rotatable bonds is 7. The van der Waals surface area contributed by atoms with Gasteiger partial charge >= 0.3 is 0 Å². The maximum absolute atomic E-state index is 11.7. The van der Waals surface area contributed by atoms with E-state index in [-0.39, 0.29) is 16.6 Å². The van der Waals surface area contributed by atoms with Crippen LogP contribution in [0.3, 0.4) is 0 Å². The Morgan fingerprint density at radius 1 is 1.32 bits per heavy atom. The topological polar surface area (TPSA) is 136 Å². The second-order valence-corrected chi connectivity index (χ2v) is 7.90. The number of hydrogen-bond acceptors (Lipinski definition) is 8. The van der Waals surface area contributed by atoms with E-state index in [0.717, 1.165) is 11.3 Å². The van der Waals surface area contributed by atoms with Crippen molar-refractivity contribution in [3.05, 3.63) is 38.0 Å². The molecule has 0 saturated carbocycles. The number of carbonyl (C=O) groups is 1. The van der Waals surface area contributed by atoms with Gasteiger partial charge in [0.05, 0.1) is 32.9 Å². The Labute approximate surface area is 174 Å². The van der Waals surface area contributed by atoms with Crippen LogP contribution in [0.1, 0.15) is 23.0 Å². The number of primary amides is 1. The number of aromatic nitrogens is 2. The molecule has 0 aliphatic heterocycles. The number of nitrogens with zero attached hydrogens (tertiary/aromatic N) is 3. The molecule has 1 aromatic carbocycles. The van der Waals surface area contributed by atoms with E-state index in [0.29, 0.717) is 50.4 Å². The van der Waals surface area contributed by atoms with Crippen molar-refractivity contribution < 1.29 is 4.79 Å². The Bertz CT molecular complexity index is 1070. The van der Waals surface area contributed by atoms with Gasteiger partial charge in [-0.3, -0.25) is 4.79 Å². The first-order valence-electron chi connectivity index (χ1n) is 8.23. The third kappa shape index (κ3) is 4.01. The molecule has 1 unspecified atom stereocenters. The lowest BCUT2D eigenvalue weighted by Crippen LogP contribution is -2.11. The Kier molecular flexibility index (Phi) is 5.97. The number of nitrogen functional groups attached to an aromatic ring is 1. The second-order valence-electron chi connectivity index (χ2n) is 6.08. The number of anilines is 2. The molecule has 3 rings (SSSR count). The summed E-state index contributed by atoms with van der Waals surface area (Å²) < 4.78 is 0. The number of halogens is 2. The van der Waals surface area contributed by atoms with Gasteiger partial charge in [-0.1, -0.05) is 34.4 Å². The van der Waals surface area contributed by atoms with E-state index in [4.69, 9.17) is 34.7 Å². The summed E-state index contributed by atoms with van der Waals surface area (Å²) in [7, 11) is 0. The highest BCUT2D eigenvalue weighted by Gasteiger charge is 2.21. The van der Waals surface area contributed by atoms with Gasteiger partial charge in [-0.15, -0.1) is 11.3 Å². The van der Waals surface area contributed by atoms with E-state index < -0.39 is 5.91 Å². The third-order valence-electron chi connectivity index (χ3n) is 4.03. The van der Waals surface area contributed by atoms with Crippen LogP contribution in [0, 0.1) is 4.91 Å². The summed E-state index contributed by atoms with van der Waals surface area (Å²) in [5.41, 5.74) is 13.0. The predicted octanol–water partition coefficient (Wildman–Crippen LogP) is 4.30. The standard InChI is InChI=1S/C17H16Cl2N6O2S/c1-7(25-27)4-5-22-17-23-13(8-2-3-9(18)10(19)6-8)11-12(20)14(15(21)26)28-16(11)24-17/h2-3,6-7H,4-5,20H2,1H3,(H2,21,26)(H,22,23,24). The normalized spacial score (nSPS) is 12.1. The first-order chi connectivity index (χ1) is 13.3. The van der Waals surface area contributed by atoms with Crippen molar-refractivity contribution in [3.63, 3.8) is 0 Å². The number of amides is 1. The van der Waals surface area contributed by atoms with Crippen molar-refractivity contribution in [2.45, 2.75) is 19.4 Å². The molecule has 0 aliphatic carbocycles. The molecule has 0 aliphatic rings. The van der Waals surface area contributed by atoms with Crippen LogP contribution in [-0.2, 0) is 0 Å². The Hall–Kier alpha value is -2.49. The van der Waals surface area contributed by atoms with Crippen molar-refractivity contribution in [2.24, 2.45) is 10.9 Å². The average Bonchev–Trinajstić information content (AvgIpc) is 3.00. The first kappa shape index (κ1) is 20.2. The fourth-order valence-corrected chi connectivity index (χ4v) is 3.83. The van der Waals surface area contributed by atoms with E-state index in [1.165, 1.54) is 0 Å². The summed E-state index contributed by atoms with van der Waals surface area (Å²) in [6.45, 7) is 2.17. The van der Waals surface area contributed by atoms with Crippen LogP contribution in [0.5, 0.6) is 0 Å². The summed E-state index contributed by atoms with van der Waals surface area (Å²) in [5.74, 6) is -0.315. The summed E-state index contributed by atoms with van der Waals surface area (Å²) in [4.78, 5) is 31.9. The Balaban J connectivity index is 2.13. The van der Waals surface area contributed by atoms with Crippen molar-refractivity contribution in [1.29, 1.82) is 0 Å². The zero-order chi connectivity index (χ0) is 20.4. The van der Waals surface area contributed by atoms with Crippen molar-refractivity contribution in [1.82, 2.24) is 9.97 Å². The number of fused-ring (bicyclic) bond motifs is 1. The molecule has 8 nitrogen and oxygen atoms in total. The molecule has 2 heterocycles. The number of nitroso groups, excluding NO2 is 1. The third-order valence-corrected chi connectivity index (χ3v) is 5.88. The minimum Gasteiger partial charge on any atom is -0.397 e. The number of thiophene rings is 1. The van der Waals surface area contributed by atoms with Crippen LogP contribution in [-0.4, -0.2) is 28.5 Å². The summed E-state index contributed by atoms with van der Waals surface area (Å²) >= 11 is 13.3. The number of hydrogen-bond donors (Lipinski definition) is 3. The summed E-state index contributed by atoms with van der Waals surface area (Å²) in [6, 6.07) is 4.73. The molecule has 2 aromatic heterocycles. The lowest BCUT2D eigenvalue weighted by atomic mass is 10.1. The minimum absolute atomic E-state index is 0.210. The fourth-order valence-electron chi connectivity index (χ4n) is 2.58. The van der Waals surface area contributed by atoms with Gasteiger partial charge in [0.2, 0.25) is 5.95 Å². The molecule has 3 aromatic rings. The predicted molar refractivity (Wildman–Crippen MR) is 114 cm³/mol. The Morgan fingerprint density at radius 2 is 2.07 bits per heavy atom. The molecule has 146 valence electrons. The van der Waals surface area contributed by atoms with Crippen LogP contribution in [0.4, 0.5) is 11.6 Å². The van der Waals surface area contributed by atoms with Gasteiger partial charge in [-0.2, -0.15) is 4.91 Å². The van der Waals surface area contributed by atoms with Gasteiger partial charge in [-0.25, -0.2) is 9.97 Å². The van der Waals surface area contributed by atoms with Gasteiger partial charge in [-0.05, 0) is 25.5 Å².